The van der Waals surface area contributed by atoms with Gasteiger partial charge in [0.05, 0.1) is 30.1 Å². The molecule has 1 aromatic heterocycles. The molecule has 0 aliphatic heterocycles. The van der Waals surface area contributed by atoms with Gasteiger partial charge < -0.3 is 15.2 Å². The molecular formula is C10H18ClN3O2. The van der Waals surface area contributed by atoms with Gasteiger partial charge in [-0.05, 0) is 14.0 Å². The summed E-state index contributed by atoms with van der Waals surface area (Å²) in [7, 11) is 3.40. The van der Waals surface area contributed by atoms with E-state index in [0.29, 0.717) is 30.4 Å². The number of ether oxygens (including phenoxy) is 1. The van der Waals surface area contributed by atoms with E-state index >= 15 is 0 Å². The number of aromatic nitrogens is 2. The molecule has 0 aliphatic rings. The summed E-state index contributed by atoms with van der Waals surface area (Å²) in [6.45, 7) is 3.21. The van der Waals surface area contributed by atoms with Gasteiger partial charge in [-0.15, -0.1) is 0 Å². The van der Waals surface area contributed by atoms with E-state index in [0.717, 1.165) is 0 Å². The van der Waals surface area contributed by atoms with Crippen molar-refractivity contribution in [3.05, 3.63) is 16.9 Å². The van der Waals surface area contributed by atoms with E-state index in [2.05, 4.69) is 10.4 Å². The number of aliphatic hydroxyl groups is 1. The Morgan fingerprint density at radius 3 is 2.94 bits per heavy atom. The van der Waals surface area contributed by atoms with Gasteiger partial charge in [-0.2, -0.15) is 5.10 Å². The van der Waals surface area contributed by atoms with Gasteiger partial charge in [0.15, 0.2) is 0 Å². The standard InChI is InChI=1S/C10H18ClN3O2/c1-10(15,7-12-2)9-8(11)6-13-14(9)4-5-16-3/h6,12,15H,4-5,7H2,1-3H3. The van der Waals surface area contributed by atoms with E-state index in [1.807, 2.05) is 0 Å². The smallest absolute Gasteiger partial charge is 0.117 e. The number of hydrogen-bond acceptors (Lipinski definition) is 4. The van der Waals surface area contributed by atoms with Gasteiger partial charge in [0.1, 0.15) is 5.60 Å². The number of likely N-dealkylation sites (N-methyl/N-ethyl adjacent to an activating group) is 1. The van der Waals surface area contributed by atoms with Gasteiger partial charge in [0.25, 0.3) is 0 Å². The van der Waals surface area contributed by atoms with Gasteiger partial charge in [0, 0.05) is 13.7 Å². The molecule has 0 saturated carbocycles. The van der Waals surface area contributed by atoms with Crippen LogP contribution in [0.25, 0.3) is 0 Å². The summed E-state index contributed by atoms with van der Waals surface area (Å²) in [5.74, 6) is 0. The van der Waals surface area contributed by atoms with Crippen LogP contribution < -0.4 is 5.32 Å². The molecular weight excluding hydrogens is 230 g/mol. The summed E-state index contributed by atoms with van der Waals surface area (Å²) >= 11 is 6.03. The van der Waals surface area contributed by atoms with Crippen LogP contribution in [-0.4, -0.2) is 42.2 Å². The first-order valence-corrected chi connectivity index (χ1v) is 5.48. The number of rotatable bonds is 6. The molecule has 0 saturated heterocycles. The van der Waals surface area contributed by atoms with Gasteiger partial charge >= 0.3 is 0 Å². The second-order valence-corrected chi connectivity index (χ2v) is 4.27. The molecule has 16 heavy (non-hydrogen) atoms. The maximum absolute atomic E-state index is 10.3. The second kappa shape index (κ2) is 5.63. The molecule has 92 valence electrons. The van der Waals surface area contributed by atoms with Crippen molar-refractivity contribution in [2.24, 2.45) is 0 Å². The van der Waals surface area contributed by atoms with Crippen molar-refractivity contribution in [3.8, 4) is 0 Å². The van der Waals surface area contributed by atoms with E-state index in [1.54, 1.807) is 25.8 Å². The lowest BCUT2D eigenvalue weighted by molar-refractivity contribution is 0.0478. The third-order valence-corrected chi connectivity index (χ3v) is 2.61. The highest BCUT2D eigenvalue weighted by atomic mass is 35.5. The molecule has 1 aromatic rings. The predicted octanol–water partition coefficient (Wildman–Crippen LogP) is 0.610. The minimum atomic E-state index is -1.05. The largest absolute Gasteiger partial charge is 0.383 e. The lowest BCUT2D eigenvalue weighted by Gasteiger charge is -2.24. The van der Waals surface area contributed by atoms with Gasteiger partial charge in [-0.3, -0.25) is 4.68 Å². The van der Waals surface area contributed by atoms with Crippen LogP contribution in [-0.2, 0) is 16.9 Å². The predicted molar refractivity (Wildman–Crippen MR) is 62.6 cm³/mol. The van der Waals surface area contributed by atoms with Crippen LogP contribution >= 0.6 is 11.6 Å². The van der Waals surface area contributed by atoms with Crippen molar-refractivity contribution >= 4 is 11.6 Å². The number of hydrogen-bond donors (Lipinski definition) is 2. The second-order valence-electron chi connectivity index (χ2n) is 3.86. The van der Waals surface area contributed by atoms with E-state index < -0.39 is 5.60 Å². The van der Waals surface area contributed by atoms with Crippen LogP contribution in [0.4, 0.5) is 0 Å². The van der Waals surface area contributed by atoms with Crippen molar-refractivity contribution in [2.45, 2.75) is 19.1 Å². The molecule has 0 aromatic carbocycles. The van der Waals surface area contributed by atoms with Crippen LogP contribution in [0, 0.1) is 0 Å². The lowest BCUT2D eigenvalue weighted by atomic mass is 10.0. The molecule has 0 spiro atoms. The Morgan fingerprint density at radius 2 is 2.38 bits per heavy atom. The molecule has 0 bridgehead atoms. The Labute approximate surface area is 100 Å². The average Bonchev–Trinajstić information content (AvgIpc) is 2.57. The highest BCUT2D eigenvalue weighted by Crippen LogP contribution is 2.27. The number of halogens is 1. The minimum Gasteiger partial charge on any atom is -0.383 e. The average molecular weight is 248 g/mol. The normalized spacial score (nSPS) is 15.1. The third-order valence-electron chi connectivity index (χ3n) is 2.33. The fourth-order valence-corrected chi connectivity index (χ4v) is 2.02. The van der Waals surface area contributed by atoms with Gasteiger partial charge in [-0.25, -0.2) is 0 Å². The maximum atomic E-state index is 10.3. The summed E-state index contributed by atoms with van der Waals surface area (Å²) < 4.78 is 6.65. The Bertz CT molecular complexity index is 339. The van der Waals surface area contributed by atoms with Gasteiger partial charge in [0.2, 0.25) is 0 Å². The van der Waals surface area contributed by atoms with Crippen molar-refractivity contribution < 1.29 is 9.84 Å². The first kappa shape index (κ1) is 13.4. The molecule has 0 amide bonds. The first-order chi connectivity index (χ1) is 7.53. The van der Waals surface area contributed by atoms with Crippen LogP contribution in [0.3, 0.4) is 0 Å². The molecule has 1 rings (SSSR count). The van der Waals surface area contributed by atoms with E-state index in [4.69, 9.17) is 16.3 Å². The number of nitrogens with one attached hydrogen (secondary N) is 1. The van der Waals surface area contributed by atoms with Crippen LogP contribution in [0.5, 0.6) is 0 Å². The Morgan fingerprint density at radius 1 is 1.69 bits per heavy atom. The molecule has 1 heterocycles. The molecule has 0 radical (unpaired) electrons. The minimum absolute atomic E-state index is 0.408. The zero-order chi connectivity index (χ0) is 12.2. The fraction of sp³-hybridized carbons (Fsp3) is 0.700. The van der Waals surface area contributed by atoms with Crippen molar-refractivity contribution in [3.63, 3.8) is 0 Å². The zero-order valence-corrected chi connectivity index (χ0v) is 10.6. The molecule has 2 N–H and O–H groups in total. The molecule has 1 unspecified atom stereocenters. The van der Waals surface area contributed by atoms with E-state index in [-0.39, 0.29) is 0 Å². The lowest BCUT2D eigenvalue weighted by Crippen LogP contribution is -2.36. The van der Waals surface area contributed by atoms with E-state index in [9.17, 15) is 5.11 Å². The third kappa shape index (κ3) is 2.95. The molecule has 1 atom stereocenters. The van der Waals surface area contributed by atoms with E-state index in [1.165, 1.54) is 6.20 Å². The summed E-state index contributed by atoms with van der Waals surface area (Å²) in [5, 5.41) is 17.8. The molecule has 5 nitrogen and oxygen atoms in total. The topological polar surface area (TPSA) is 59.3 Å². The summed E-state index contributed by atoms with van der Waals surface area (Å²) in [6, 6.07) is 0. The van der Waals surface area contributed by atoms with Gasteiger partial charge in [-0.1, -0.05) is 11.6 Å². The Balaban J connectivity index is 2.96. The summed E-state index contributed by atoms with van der Waals surface area (Å²) in [5.41, 5.74) is -0.434. The van der Waals surface area contributed by atoms with Crippen molar-refractivity contribution in [2.75, 3.05) is 27.3 Å². The Kier molecular flexibility index (Phi) is 4.73. The monoisotopic (exact) mass is 247 g/mol. The quantitative estimate of drug-likeness (QED) is 0.773. The van der Waals surface area contributed by atoms with Crippen molar-refractivity contribution in [1.29, 1.82) is 0 Å². The summed E-state index contributed by atoms with van der Waals surface area (Å²) in [4.78, 5) is 0. The SMILES string of the molecule is CNCC(C)(O)c1c(Cl)cnn1CCOC. The highest BCUT2D eigenvalue weighted by molar-refractivity contribution is 6.31. The first-order valence-electron chi connectivity index (χ1n) is 5.10. The van der Waals surface area contributed by atoms with Crippen LogP contribution in [0.1, 0.15) is 12.6 Å². The fourth-order valence-electron chi connectivity index (χ4n) is 1.67. The highest BCUT2D eigenvalue weighted by Gasteiger charge is 2.29. The zero-order valence-electron chi connectivity index (χ0n) is 9.83. The number of nitrogens with zero attached hydrogens (tertiary/aromatic N) is 2. The molecule has 0 fully saturated rings. The molecule has 6 heteroatoms. The van der Waals surface area contributed by atoms with Crippen LogP contribution in [0.2, 0.25) is 5.02 Å². The summed E-state index contributed by atoms with van der Waals surface area (Å²) in [6.07, 6.45) is 1.54. The van der Waals surface area contributed by atoms with Crippen LogP contribution in [0.15, 0.2) is 6.20 Å². The van der Waals surface area contributed by atoms with Crippen molar-refractivity contribution in [1.82, 2.24) is 15.1 Å². The number of methoxy groups -OCH3 is 1. The Hall–Kier alpha value is -0.620. The molecule has 0 aliphatic carbocycles. The maximum Gasteiger partial charge on any atom is 0.117 e.